The highest BCUT2D eigenvalue weighted by Gasteiger charge is 2.22. The normalized spacial score (nSPS) is 11.0. The third-order valence-corrected chi connectivity index (χ3v) is 7.05. The number of rotatable bonds is 5. The zero-order valence-electron chi connectivity index (χ0n) is 20.9. The van der Waals surface area contributed by atoms with Gasteiger partial charge in [0.05, 0.1) is 11.4 Å². The molecule has 3 heteroatoms. The molecule has 6 aromatic rings. The molecule has 1 nitrogen and oxygen atoms in total. The van der Waals surface area contributed by atoms with Crippen molar-refractivity contribution in [2.45, 2.75) is 0 Å². The van der Waals surface area contributed by atoms with Gasteiger partial charge >= 0.3 is 0 Å². The molecule has 0 N–H and O–H groups in total. The Morgan fingerprint density at radius 3 is 1.82 bits per heavy atom. The summed E-state index contributed by atoms with van der Waals surface area (Å²) < 4.78 is 31.2. The Hall–Kier alpha value is -4.76. The monoisotopic (exact) mass is 497 g/mol. The van der Waals surface area contributed by atoms with Crippen LogP contribution in [0.15, 0.2) is 133 Å². The van der Waals surface area contributed by atoms with Crippen LogP contribution < -0.4 is 4.90 Å². The van der Waals surface area contributed by atoms with Crippen LogP contribution in [0.4, 0.5) is 20.2 Å². The summed E-state index contributed by atoms with van der Waals surface area (Å²) in [7, 11) is 1.71. The maximum atomic E-state index is 16.4. The Balaban J connectivity index is 1.47. The van der Waals surface area contributed by atoms with Crippen molar-refractivity contribution in [3.05, 3.63) is 145 Å². The topological polar surface area (TPSA) is 3.24 Å². The van der Waals surface area contributed by atoms with Crippen molar-refractivity contribution in [3.63, 3.8) is 0 Å². The van der Waals surface area contributed by atoms with Crippen molar-refractivity contribution in [3.8, 4) is 33.4 Å². The van der Waals surface area contributed by atoms with Gasteiger partial charge in [0.1, 0.15) is 5.82 Å². The third kappa shape index (κ3) is 4.22. The Kier molecular flexibility index (Phi) is 6.19. The lowest BCUT2D eigenvalue weighted by atomic mass is 9.94. The van der Waals surface area contributed by atoms with Gasteiger partial charge in [-0.15, -0.1) is 0 Å². The van der Waals surface area contributed by atoms with Gasteiger partial charge in [0.25, 0.3) is 0 Å². The second-order valence-corrected chi connectivity index (χ2v) is 9.30. The van der Waals surface area contributed by atoms with Crippen LogP contribution in [0.2, 0.25) is 0 Å². The van der Waals surface area contributed by atoms with Crippen molar-refractivity contribution in [1.82, 2.24) is 0 Å². The minimum absolute atomic E-state index is 0.312. The first-order valence-corrected chi connectivity index (χ1v) is 12.6. The first-order valence-electron chi connectivity index (χ1n) is 12.6. The fourth-order valence-corrected chi connectivity index (χ4v) is 5.12. The van der Waals surface area contributed by atoms with E-state index in [-0.39, 0.29) is 0 Å². The standard InChI is InChI=1S/C35H25F2N/c1-38(33-17-8-7-16-32(33)36)35-31(25-10-3-2-4-11-25)23-22-30(34(35)37)27-20-18-26(19-21-27)29-15-9-13-24-12-5-6-14-28(24)29/h2-23H,1H3. The third-order valence-electron chi connectivity index (χ3n) is 7.05. The zero-order chi connectivity index (χ0) is 26.1. The van der Waals surface area contributed by atoms with Crippen molar-refractivity contribution >= 4 is 22.1 Å². The summed E-state index contributed by atoms with van der Waals surface area (Å²) >= 11 is 0. The smallest absolute Gasteiger partial charge is 0.155 e. The lowest BCUT2D eigenvalue weighted by molar-refractivity contribution is 0.619. The van der Waals surface area contributed by atoms with Crippen molar-refractivity contribution in [2.75, 3.05) is 11.9 Å². The van der Waals surface area contributed by atoms with Gasteiger partial charge in [-0.05, 0) is 45.2 Å². The van der Waals surface area contributed by atoms with Crippen LogP contribution in [0.5, 0.6) is 0 Å². The summed E-state index contributed by atoms with van der Waals surface area (Å²) in [6.45, 7) is 0. The van der Waals surface area contributed by atoms with Crippen molar-refractivity contribution < 1.29 is 8.78 Å². The number of halogens is 2. The number of benzene rings is 6. The molecule has 0 spiro atoms. The fourth-order valence-electron chi connectivity index (χ4n) is 5.12. The van der Waals surface area contributed by atoms with Gasteiger partial charge in [0, 0.05) is 18.2 Å². The quantitative estimate of drug-likeness (QED) is 0.229. The second kappa shape index (κ2) is 9.95. The average molecular weight is 498 g/mol. The van der Waals surface area contributed by atoms with E-state index >= 15 is 4.39 Å². The van der Waals surface area contributed by atoms with Crippen LogP contribution in [0.25, 0.3) is 44.2 Å². The first-order chi connectivity index (χ1) is 18.6. The van der Waals surface area contributed by atoms with E-state index < -0.39 is 11.6 Å². The summed E-state index contributed by atoms with van der Waals surface area (Å²) in [5.41, 5.74) is 5.63. The molecule has 0 saturated carbocycles. The summed E-state index contributed by atoms with van der Waals surface area (Å²) in [6.07, 6.45) is 0. The zero-order valence-corrected chi connectivity index (χ0v) is 20.9. The van der Waals surface area contributed by atoms with Gasteiger partial charge in [-0.3, -0.25) is 0 Å². The SMILES string of the molecule is CN(c1ccccc1F)c1c(-c2ccccc2)ccc(-c2ccc(-c3cccc4ccccc34)cc2)c1F. The molecule has 0 saturated heterocycles. The number of para-hydroxylation sites is 1. The number of hydrogen-bond donors (Lipinski definition) is 0. The summed E-state index contributed by atoms with van der Waals surface area (Å²) in [6, 6.07) is 42.3. The lowest BCUT2D eigenvalue weighted by Crippen LogP contribution is -2.14. The molecule has 0 heterocycles. The van der Waals surface area contributed by atoms with E-state index in [1.54, 1.807) is 30.1 Å². The predicted octanol–water partition coefficient (Wildman–Crippen LogP) is 9.89. The molecule has 0 aromatic heterocycles. The maximum Gasteiger partial charge on any atom is 0.155 e. The average Bonchev–Trinajstić information content (AvgIpc) is 2.97. The number of nitrogens with zero attached hydrogens (tertiary/aromatic N) is 1. The molecular weight excluding hydrogens is 472 g/mol. The minimum Gasteiger partial charge on any atom is -0.339 e. The van der Waals surface area contributed by atoms with E-state index in [0.717, 1.165) is 22.3 Å². The molecule has 6 rings (SSSR count). The van der Waals surface area contributed by atoms with Gasteiger partial charge in [-0.1, -0.05) is 121 Å². The Morgan fingerprint density at radius 2 is 1.05 bits per heavy atom. The summed E-state index contributed by atoms with van der Waals surface area (Å²) in [4.78, 5) is 1.60. The molecule has 6 aromatic carbocycles. The molecule has 0 bridgehead atoms. The molecule has 0 amide bonds. The van der Waals surface area contributed by atoms with Crippen LogP contribution >= 0.6 is 0 Å². The Labute approximate surface area is 221 Å². The number of anilines is 2. The van der Waals surface area contributed by atoms with Crippen molar-refractivity contribution in [2.24, 2.45) is 0 Å². The van der Waals surface area contributed by atoms with E-state index in [1.165, 1.54) is 16.8 Å². The van der Waals surface area contributed by atoms with Crippen LogP contribution in [-0.2, 0) is 0 Å². The van der Waals surface area contributed by atoms with E-state index in [9.17, 15) is 4.39 Å². The molecule has 0 fully saturated rings. The van der Waals surface area contributed by atoms with Crippen LogP contribution in [0.3, 0.4) is 0 Å². The Morgan fingerprint density at radius 1 is 0.474 bits per heavy atom. The maximum absolute atomic E-state index is 16.4. The first kappa shape index (κ1) is 23.6. The summed E-state index contributed by atoms with van der Waals surface area (Å²) in [5.74, 6) is -0.798. The summed E-state index contributed by atoms with van der Waals surface area (Å²) in [5, 5.41) is 2.35. The van der Waals surface area contributed by atoms with Gasteiger partial charge in [-0.25, -0.2) is 8.78 Å². The molecule has 0 unspecified atom stereocenters. The highest BCUT2D eigenvalue weighted by molar-refractivity contribution is 5.97. The lowest BCUT2D eigenvalue weighted by Gasteiger charge is -2.25. The number of hydrogen-bond acceptors (Lipinski definition) is 1. The predicted molar refractivity (Wildman–Crippen MR) is 155 cm³/mol. The Bertz CT molecular complexity index is 1740. The second-order valence-electron chi connectivity index (χ2n) is 9.30. The molecule has 0 atom stereocenters. The fraction of sp³-hybridized carbons (Fsp3) is 0.0286. The van der Waals surface area contributed by atoms with E-state index in [4.69, 9.17) is 0 Å². The van der Waals surface area contributed by atoms with E-state index in [2.05, 4.69) is 30.3 Å². The molecular formula is C35H25F2N. The molecule has 0 aliphatic rings. The van der Waals surface area contributed by atoms with Crippen LogP contribution in [0, 0.1) is 11.6 Å². The van der Waals surface area contributed by atoms with Crippen molar-refractivity contribution in [1.29, 1.82) is 0 Å². The molecule has 0 radical (unpaired) electrons. The molecule has 38 heavy (non-hydrogen) atoms. The highest BCUT2D eigenvalue weighted by atomic mass is 19.1. The van der Waals surface area contributed by atoms with Gasteiger partial charge in [-0.2, -0.15) is 0 Å². The number of fused-ring (bicyclic) bond motifs is 1. The minimum atomic E-state index is -0.404. The molecule has 184 valence electrons. The van der Waals surface area contributed by atoms with Crippen LogP contribution in [0.1, 0.15) is 0 Å². The highest BCUT2D eigenvalue weighted by Crippen LogP contribution is 2.41. The van der Waals surface area contributed by atoms with Gasteiger partial charge < -0.3 is 4.90 Å². The van der Waals surface area contributed by atoms with Gasteiger partial charge in [0.15, 0.2) is 5.82 Å². The van der Waals surface area contributed by atoms with Crippen LogP contribution in [-0.4, -0.2) is 7.05 Å². The van der Waals surface area contributed by atoms with E-state index in [0.29, 0.717) is 22.5 Å². The largest absolute Gasteiger partial charge is 0.339 e. The van der Waals surface area contributed by atoms with E-state index in [1.807, 2.05) is 78.9 Å². The van der Waals surface area contributed by atoms with Gasteiger partial charge in [0.2, 0.25) is 0 Å². The molecule has 0 aliphatic heterocycles. The molecule has 0 aliphatic carbocycles.